The minimum atomic E-state index is -4.91. The number of fused-ring (bicyclic) bond motifs is 3. The third-order valence-corrected chi connectivity index (χ3v) is 9.55. The van der Waals surface area contributed by atoms with Crippen LogP contribution < -0.4 is 20.7 Å². The van der Waals surface area contributed by atoms with Crippen molar-refractivity contribution in [3.05, 3.63) is 53.3 Å². The van der Waals surface area contributed by atoms with E-state index in [9.17, 15) is 32.3 Å². The van der Waals surface area contributed by atoms with Crippen molar-refractivity contribution >= 4 is 47.3 Å². The number of benzene rings is 2. The lowest BCUT2D eigenvalue weighted by atomic mass is 9.59. The number of alkyl halides is 3. The normalized spacial score (nSPS) is 21.8. The van der Waals surface area contributed by atoms with Crippen molar-refractivity contribution in [3.8, 4) is 5.75 Å². The molecule has 18 heteroatoms. The third-order valence-electron chi connectivity index (χ3n) is 8.42. The number of anilines is 1. The Balaban J connectivity index is 1.40. The second-order valence-corrected chi connectivity index (χ2v) is 16.3. The summed E-state index contributed by atoms with van der Waals surface area (Å²) in [6.45, 7) is 10.4. The maximum atomic E-state index is 15.7. The van der Waals surface area contributed by atoms with Crippen LogP contribution in [0, 0.1) is 17.2 Å². The van der Waals surface area contributed by atoms with E-state index in [1.807, 2.05) is 0 Å². The fourth-order valence-corrected chi connectivity index (χ4v) is 7.37. The molecule has 2 aromatic carbocycles. The molecule has 2 bridgehead atoms. The summed E-state index contributed by atoms with van der Waals surface area (Å²) in [5.74, 6) is -3.20. The number of thioether (sulfide) groups is 1. The number of amidine groups is 1. The summed E-state index contributed by atoms with van der Waals surface area (Å²) >= 11 is 1.06. The van der Waals surface area contributed by atoms with Gasteiger partial charge in [0.2, 0.25) is 0 Å². The molecule has 0 spiro atoms. The fraction of sp³-hybridized carbons (Fsp3) is 0.514. The molecule has 6 rings (SSSR count). The molecule has 53 heavy (non-hydrogen) atoms. The minimum absolute atomic E-state index is 0.0245. The number of rotatable bonds is 7. The molecule has 4 aliphatic rings. The van der Waals surface area contributed by atoms with E-state index >= 15 is 4.39 Å². The van der Waals surface area contributed by atoms with E-state index in [4.69, 9.17) is 20.0 Å². The van der Waals surface area contributed by atoms with E-state index in [1.54, 1.807) is 41.5 Å². The number of nitrogens with two attached hydrogens (primary N) is 1. The summed E-state index contributed by atoms with van der Waals surface area (Å²) in [6.07, 6.45) is -5.41. The summed E-state index contributed by atoms with van der Waals surface area (Å²) < 4.78 is 68.6. The molecule has 3 aliphatic heterocycles. The van der Waals surface area contributed by atoms with Crippen LogP contribution in [0.2, 0.25) is 0 Å². The molecule has 288 valence electrons. The lowest BCUT2D eigenvalue weighted by Crippen LogP contribution is -2.61. The van der Waals surface area contributed by atoms with Crippen LogP contribution in [0.4, 0.5) is 32.8 Å². The van der Waals surface area contributed by atoms with Crippen LogP contribution in [0.25, 0.3) is 0 Å². The zero-order chi connectivity index (χ0) is 39.1. The Bertz CT molecular complexity index is 1790. The molecule has 13 nitrogen and oxygen atoms in total. The number of nitrogens with zero attached hydrogens (tertiary/aromatic N) is 3. The molecule has 1 atom stereocenters. The third kappa shape index (κ3) is 9.83. The largest absolute Gasteiger partial charge is 0.573 e. The van der Waals surface area contributed by atoms with Crippen LogP contribution in [0.3, 0.4) is 0 Å². The quantitative estimate of drug-likeness (QED) is 0.111. The topological polar surface area (TPSA) is 162 Å². The number of halogens is 4. The van der Waals surface area contributed by atoms with Gasteiger partial charge in [-0.3, -0.25) is 4.79 Å². The highest BCUT2D eigenvalue weighted by Crippen LogP contribution is 2.51. The molecular formula is C35H41F4N5O8S. The Morgan fingerprint density at radius 3 is 2.26 bits per heavy atom. The number of hydrogen-bond acceptors (Lipinski definition) is 10. The van der Waals surface area contributed by atoms with Crippen LogP contribution in [0.1, 0.15) is 65.5 Å². The van der Waals surface area contributed by atoms with Crippen molar-refractivity contribution in [3.63, 3.8) is 0 Å². The molecule has 3 amide bonds. The predicted octanol–water partition coefficient (Wildman–Crippen LogP) is 6.07. The Labute approximate surface area is 307 Å². The van der Waals surface area contributed by atoms with Gasteiger partial charge in [-0.15, -0.1) is 24.9 Å². The molecule has 1 aliphatic carbocycles. The van der Waals surface area contributed by atoms with Crippen LogP contribution in [-0.2, 0) is 30.4 Å². The average Bonchev–Trinajstić information content (AvgIpc) is 3.13. The summed E-state index contributed by atoms with van der Waals surface area (Å²) in [5, 5.41) is 6.28. The Morgan fingerprint density at radius 2 is 1.66 bits per heavy atom. The Kier molecular flexibility index (Phi) is 10.9. The molecule has 3 N–H and O–H groups in total. The van der Waals surface area contributed by atoms with Crippen molar-refractivity contribution in [2.75, 3.05) is 23.7 Å². The predicted molar refractivity (Wildman–Crippen MR) is 184 cm³/mol. The summed E-state index contributed by atoms with van der Waals surface area (Å²) in [6, 6.07) is 6.00. The van der Waals surface area contributed by atoms with Crippen LogP contribution in [-0.4, -0.2) is 77.2 Å². The van der Waals surface area contributed by atoms with Crippen molar-refractivity contribution in [1.29, 1.82) is 0 Å². The van der Waals surface area contributed by atoms with Gasteiger partial charge in [-0.2, -0.15) is 0 Å². The van der Waals surface area contributed by atoms with Crippen molar-refractivity contribution in [2.24, 2.45) is 22.2 Å². The first-order chi connectivity index (χ1) is 24.5. The fourth-order valence-electron chi connectivity index (χ4n) is 6.29. The minimum Gasteiger partial charge on any atom is -0.444 e. The highest BCUT2D eigenvalue weighted by atomic mass is 32.2. The van der Waals surface area contributed by atoms with Crippen molar-refractivity contribution in [2.45, 2.75) is 89.4 Å². The molecular weight excluding hydrogens is 726 g/mol. The number of hydrogen-bond donors (Lipinski definition) is 2. The van der Waals surface area contributed by atoms with Crippen LogP contribution in [0.5, 0.6) is 5.75 Å². The van der Waals surface area contributed by atoms with Gasteiger partial charge in [0.15, 0.2) is 5.84 Å². The lowest BCUT2D eigenvalue weighted by Gasteiger charge is -2.53. The number of oxime groups is 1. The lowest BCUT2D eigenvalue weighted by molar-refractivity contribution is -0.274. The number of amides is 3. The first-order valence-electron chi connectivity index (χ1n) is 16.7. The molecule has 1 saturated carbocycles. The van der Waals surface area contributed by atoms with E-state index in [-0.39, 0.29) is 40.9 Å². The van der Waals surface area contributed by atoms with Gasteiger partial charge in [0.05, 0.1) is 23.2 Å². The number of ether oxygens (including phenoxy) is 3. The van der Waals surface area contributed by atoms with Gasteiger partial charge >= 0.3 is 24.5 Å². The molecule has 3 heterocycles. The molecule has 3 fully saturated rings. The van der Waals surface area contributed by atoms with Gasteiger partial charge < -0.3 is 39.9 Å². The number of nitrogens with one attached hydrogen (secondary N) is 1. The first kappa shape index (κ1) is 39.5. The maximum Gasteiger partial charge on any atom is 0.573 e. The monoisotopic (exact) mass is 767 g/mol. The number of piperidine rings is 2. The molecule has 0 unspecified atom stereocenters. The standard InChI is InChI=1S/C35H41F4N5O8S/c1-32(2,3)50-30(47)41-24-17-53-26-12-23(36)22(11-25(26)44(28(24)45)16-19-7-9-21(10-8-19)49-35(37,38)39)27(40)42-52-29(46)34-13-20(14-34)15-43(18-34)31(48)51-33(4,5)6/h7-12,20,24H,13-18H2,1-6H3,(H2,40,42)(H,41,47)/t20?,24-,34?/m0/s1. The van der Waals surface area contributed by atoms with Gasteiger partial charge in [0.1, 0.15) is 28.8 Å². The second kappa shape index (κ2) is 14.6. The number of alkyl carbamates (subject to hydrolysis) is 1. The van der Waals surface area contributed by atoms with E-state index in [1.165, 1.54) is 28.0 Å². The summed E-state index contributed by atoms with van der Waals surface area (Å²) in [7, 11) is 0. The highest BCUT2D eigenvalue weighted by molar-refractivity contribution is 7.99. The van der Waals surface area contributed by atoms with E-state index < -0.39 is 70.5 Å². The summed E-state index contributed by atoms with van der Waals surface area (Å²) in [5.41, 5.74) is 3.72. The molecule has 2 aromatic rings. The molecule has 2 saturated heterocycles. The SMILES string of the molecule is CC(C)(C)OC(=O)N[C@H]1CSc2cc(F)c(/C(N)=N/OC(=O)C34CC(CN(C(=O)OC(C)(C)C)C3)C4)cc2N(Cc2ccc(OC(F)(F)F)cc2)C1=O. The highest BCUT2D eigenvalue weighted by Gasteiger charge is 2.57. The van der Waals surface area contributed by atoms with Gasteiger partial charge in [-0.25, -0.2) is 18.8 Å². The smallest absolute Gasteiger partial charge is 0.444 e. The Hall–Kier alpha value is -4.74. The van der Waals surface area contributed by atoms with Gasteiger partial charge in [0, 0.05) is 23.7 Å². The van der Waals surface area contributed by atoms with Gasteiger partial charge in [-0.05, 0) is 90.1 Å². The van der Waals surface area contributed by atoms with Gasteiger partial charge in [0.25, 0.3) is 5.91 Å². The van der Waals surface area contributed by atoms with Gasteiger partial charge in [-0.1, -0.05) is 17.3 Å². The summed E-state index contributed by atoms with van der Waals surface area (Å²) in [4.78, 5) is 60.8. The van der Waals surface area contributed by atoms with E-state index in [0.29, 0.717) is 24.9 Å². The zero-order valence-electron chi connectivity index (χ0n) is 30.0. The van der Waals surface area contributed by atoms with Crippen LogP contribution >= 0.6 is 11.8 Å². The van der Waals surface area contributed by atoms with Crippen LogP contribution in [0.15, 0.2) is 46.4 Å². The second-order valence-electron chi connectivity index (χ2n) is 15.2. The van der Waals surface area contributed by atoms with E-state index in [2.05, 4.69) is 15.2 Å². The first-order valence-corrected chi connectivity index (χ1v) is 17.6. The number of carbonyl (C=O) groups excluding carboxylic acids is 4. The average molecular weight is 768 g/mol. The molecule has 0 aromatic heterocycles. The van der Waals surface area contributed by atoms with E-state index in [0.717, 1.165) is 30.0 Å². The van der Waals surface area contributed by atoms with Crippen molar-refractivity contribution in [1.82, 2.24) is 10.2 Å². The number of carbonyl (C=O) groups is 4. The molecule has 0 radical (unpaired) electrons. The van der Waals surface area contributed by atoms with Crippen molar-refractivity contribution < 1.29 is 55.8 Å². The zero-order valence-corrected chi connectivity index (χ0v) is 30.8. The Morgan fingerprint density at radius 1 is 1.02 bits per heavy atom. The maximum absolute atomic E-state index is 15.7.